The number of rotatable bonds is 2. The fourth-order valence-electron chi connectivity index (χ4n) is 1.81. The Kier molecular flexibility index (Phi) is 2.84. The first-order valence-electron chi connectivity index (χ1n) is 5.06. The molecule has 1 aliphatic rings. The highest BCUT2D eigenvalue weighted by atomic mass is 16.4. The third-order valence-corrected chi connectivity index (χ3v) is 2.72. The van der Waals surface area contributed by atoms with Gasteiger partial charge in [0.1, 0.15) is 0 Å². The number of nitrogens with zero attached hydrogens (tertiary/aromatic N) is 3. The van der Waals surface area contributed by atoms with E-state index in [1.165, 1.54) is 6.20 Å². The van der Waals surface area contributed by atoms with Crippen molar-refractivity contribution in [2.24, 2.45) is 5.92 Å². The number of hydrogen-bond donors (Lipinski definition) is 2. The number of nitrogens with one attached hydrogen (secondary N) is 1. The Hall–Kier alpha value is -1.92. The van der Waals surface area contributed by atoms with Crippen LogP contribution < -0.4 is 10.6 Å². The van der Waals surface area contributed by atoms with Gasteiger partial charge in [-0.15, -0.1) is 0 Å². The van der Waals surface area contributed by atoms with E-state index in [0.717, 1.165) is 0 Å². The van der Waals surface area contributed by atoms with Crippen LogP contribution in [0.25, 0.3) is 0 Å². The van der Waals surface area contributed by atoms with Crippen molar-refractivity contribution in [3.05, 3.63) is 16.7 Å². The quantitative estimate of drug-likeness (QED) is 0.700. The number of carboxylic acid groups (broad SMARTS) is 1. The number of aliphatic carboxylic acids is 1. The number of aromatic nitrogens is 3. The maximum absolute atomic E-state index is 11.0. The van der Waals surface area contributed by atoms with Crippen molar-refractivity contribution in [2.75, 3.05) is 18.0 Å². The maximum Gasteiger partial charge on any atom is 0.363 e. The summed E-state index contributed by atoms with van der Waals surface area (Å²) in [5, 5.41) is 14.7. The van der Waals surface area contributed by atoms with Gasteiger partial charge in [-0.1, -0.05) is 0 Å². The van der Waals surface area contributed by atoms with Crippen molar-refractivity contribution in [1.29, 1.82) is 0 Å². The number of piperidine rings is 1. The van der Waals surface area contributed by atoms with Gasteiger partial charge in [0.05, 0.1) is 12.1 Å². The summed E-state index contributed by atoms with van der Waals surface area (Å²) in [4.78, 5) is 27.4. The molecule has 16 heavy (non-hydrogen) atoms. The molecular weight excluding hydrogens is 212 g/mol. The lowest BCUT2D eigenvalue weighted by molar-refractivity contribution is -0.142. The van der Waals surface area contributed by atoms with Crippen molar-refractivity contribution < 1.29 is 9.90 Å². The Morgan fingerprint density at radius 3 is 2.75 bits per heavy atom. The number of H-pyrrole nitrogens is 1. The van der Waals surface area contributed by atoms with Crippen LogP contribution in [0.4, 0.5) is 5.82 Å². The Labute approximate surface area is 91.1 Å². The van der Waals surface area contributed by atoms with Gasteiger partial charge >= 0.3 is 11.7 Å². The minimum absolute atomic E-state index is 0.286. The minimum Gasteiger partial charge on any atom is -0.481 e. The smallest absolute Gasteiger partial charge is 0.363 e. The average molecular weight is 224 g/mol. The van der Waals surface area contributed by atoms with Crippen LogP contribution in [-0.4, -0.2) is 39.3 Å². The molecular formula is C9H12N4O3. The Morgan fingerprint density at radius 1 is 1.50 bits per heavy atom. The number of anilines is 1. The fraction of sp³-hybridized carbons (Fsp3) is 0.556. The van der Waals surface area contributed by atoms with E-state index in [1.807, 2.05) is 4.90 Å². The van der Waals surface area contributed by atoms with Crippen LogP contribution in [0.3, 0.4) is 0 Å². The van der Waals surface area contributed by atoms with E-state index < -0.39 is 11.7 Å². The molecule has 0 amide bonds. The predicted molar refractivity (Wildman–Crippen MR) is 55.2 cm³/mol. The normalized spacial score (nSPS) is 17.4. The molecule has 0 radical (unpaired) electrons. The summed E-state index contributed by atoms with van der Waals surface area (Å²) in [6.07, 6.45) is 2.62. The molecule has 2 rings (SSSR count). The minimum atomic E-state index is -0.753. The zero-order valence-electron chi connectivity index (χ0n) is 8.59. The van der Waals surface area contributed by atoms with Crippen molar-refractivity contribution in [1.82, 2.24) is 15.2 Å². The molecule has 0 bridgehead atoms. The highest BCUT2D eigenvalue weighted by Gasteiger charge is 2.25. The molecule has 7 nitrogen and oxygen atoms in total. The second kappa shape index (κ2) is 4.30. The number of hydrogen-bond acceptors (Lipinski definition) is 5. The summed E-state index contributed by atoms with van der Waals surface area (Å²) in [6.45, 7) is 1.18. The summed E-state index contributed by atoms with van der Waals surface area (Å²) >= 11 is 0. The Bertz CT molecular complexity index is 436. The SMILES string of the molecule is O=C(O)C1CCN(c2cn[nH]c(=O)n2)CC1. The largest absolute Gasteiger partial charge is 0.481 e. The van der Waals surface area contributed by atoms with Gasteiger partial charge in [-0.25, -0.2) is 9.89 Å². The molecule has 1 aliphatic heterocycles. The van der Waals surface area contributed by atoms with Gasteiger partial charge in [0.2, 0.25) is 0 Å². The standard InChI is InChI=1S/C9H12N4O3/c14-8(15)6-1-3-13(4-2-6)7-5-10-12-9(16)11-7/h5-6H,1-4H2,(H,14,15)(H,11,12,16). The van der Waals surface area contributed by atoms with E-state index in [9.17, 15) is 9.59 Å². The van der Waals surface area contributed by atoms with E-state index in [2.05, 4.69) is 15.2 Å². The summed E-state index contributed by atoms with van der Waals surface area (Å²) in [6, 6.07) is 0. The molecule has 2 N–H and O–H groups in total. The second-order valence-corrected chi connectivity index (χ2v) is 3.74. The number of carboxylic acids is 1. The molecule has 0 aliphatic carbocycles. The molecule has 0 saturated carbocycles. The number of aromatic amines is 1. The summed E-state index contributed by atoms with van der Waals surface area (Å²) in [5.74, 6) is -0.532. The van der Waals surface area contributed by atoms with Crippen molar-refractivity contribution >= 4 is 11.8 Å². The van der Waals surface area contributed by atoms with Crippen molar-refractivity contribution in [2.45, 2.75) is 12.8 Å². The molecule has 1 aromatic rings. The zero-order chi connectivity index (χ0) is 11.5. The molecule has 1 fully saturated rings. The molecule has 7 heteroatoms. The predicted octanol–water partition coefficient (Wildman–Crippen LogP) is -0.534. The lowest BCUT2D eigenvalue weighted by Crippen LogP contribution is -2.37. The van der Waals surface area contributed by atoms with Crippen LogP contribution in [0.5, 0.6) is 0 Å². The molecule has 2 heterocycles. The van der Waals surface area contributed by atoms with Gasteiger partial charge in [-0.3, -0.25) is 4.79 Å². The highest BCUT2D eigenvalue weighted by molar-refractivity contribution is 5.70. The third kappa shape index (κ3) is 2.18. The molecule has 0 atom stereocenters. The van der Waals surface area contributed by atoms with Gasteiger partial charge < -0.3 is 10.0 Å². The van der Waals surface area contributed by atoms with Crippen LogP contribution in [0, 0.1) is 5.92 Å². The molecule has 1 saturated heterocycles. The Morgan fingerprint density at radius 2 is 2.19 bits per heavy atom. The number of carbonyl (C=O) groups is 1. The molecule has 1 aromatic heterocycles. The first-order chi connectivity index (χ1) is 7.66. The lowest BCUT2D eigenvalue weighted by atomic mass is 9.97. The Balaban J connectivity index is 2.04. The maximum atomic E-state index is 11.0. The first-order valence-corrected chi connectivity index (χ1v) is 5.06. The van der Waals surface area contributed by atoms with Gasteiger partial charge in [0, 0.05) is 13.1 Å². The van der Waals surface area contributed by atoms with E-state index in [0.29, 0.717) is 31.7 Å². The summed E-state index contributed by atoms with van der Waals surface area (Å²) < 4.78 is 0. The van der Waals surface area contributed by atoms with Gasteiger partial charge in [0.15, 0.2) is 5.82 Å². The van der Waals surface area contributed by atoms with Gasteiger partial charge in [0.25, 0.3) is 0 Å². The van der Waals surface area contributed by atoms with E-state index in [1.54, 1.807) is 0 Å². The van der Waals surface area contributed by atoms with E-state index in [4.69, 9.17) is 5.11 Å². The van der Waals surface area contributed by atoms with Crippen LogP contribution in [0.15, 0.2) is 11.0 Å². The van der Waals surface area contributed by atoms with Gasteiger partial charge in [-0.05, 0) is 12.8 Å². The van der Waals surface area contributed by atoms with E-state index in [-0.39, 0.29) is 5.92 Å². The topological polar surface area (TPSA) is 99.2 Å². The monoisotopic (exact) mass is 224 g/mol. The average Bonchev–Trinajstić information content (AvgIpc) is 2.29. The van der Waals surface area contributed by atoms with Crippen LogP contribution >= 0.6 is 0 Å². The highest BCUT2D eigenvalue weighted by Crippen LogP contribution is 2.20. The summed E-state index contributed by atoms with van der Waals surface area (Å²) in [5.41, 5.74) is -0.488. The molecule has 86 valence electrons. The van der Waals surface area contributed by atoms with Crippen molar-refractivity contribution in [3.63, 3.8) is 0 Å². The lowest BCUT2D eigenvalue weighted by Gasteiger charge is -2.30. The van der Waals surface area contributed by atoms with Gasteiger partial charge in [-0.2, -0.15) is 10.1 Å². The van der Waals surface area contributed by atoms with Crippen LogP contribution in [0.1, 0.15) is 12.8 Å². The second-order valence-electron chi connectivity index (χ2n) is 3.74. The fourth-order valence-corrected chi connectivity index (χ4v) is 1.81. The van der Waals surface area contributed by atoms with Crippen LogP contribution in [-0.2, 0) is 4.79 Å². The zero-order valence-corrected chi connectivity index (χ0v) is 8.59. The third-order valence-electron chi connectivity index (χ3n) is 2.72. The molecule has 0 aromatic carbocycles. The van der Waals surface area contributed by atoms with Crippen LogP contribution in [0.2, 0.25) is 0 Å². The molecule has 0 unspecified atom stereocenters. The van der Waals surface area contributed by atoms with E-state index >= 15 is 0 Å². The first kappa shape index (κ1) is 10.6. The molecule has 0 spiro atoms. The summed E-state index contributed by atoms with van der Waals surface area (Å²) in [7, 11) is 0. The van der Waals surface area contributed by atoms with Crippen molar-refractivity contribution in [3.8, 4) is 0 Å².